The topological polar surface area (TPSA) is 46.0 Å². The van der Waals surface area contributed by atoms with Gasteiger partial charge in [-0.15, -0.1) is 0 Å². The third-order valence-electron chi connectivity index (χ3n) is 3.91. The van der Waals surface area contributed by atoms with Crippen molar-refractivity contribution in [1.29, 1.82) is 0 Å². The van der Waals surface area contributed by atoms with Gasteiger partial charge in [0.05, 0.1) is 5.69 Å². The first-order valence-electron chi connectivity index (χ1n) is 6.82. The molecular formula is C16H18N2O. The Morgan fingerprint density at radius 3 is 2.68 bits per heavy atom. The van der Waals surface area contributed by atoms with E-state index >= 15 is 0 Å². The first-order chi connectivity index (χ1) is 9.25. The third-order valence-corrected chi connectivity index (χ3v) is 3.91. The van der Waals surface area contributed by atoms with Crippen molar-refractivity contribution in [3.05, 3.63) is 59.2 Å². The van der Waals surface area contributed by atoms with E-state index in [1.807, 2.05) is 19.1 Å². The van der Waals surface area contributed by atoms with Crippen LogP contribution in [0.5, 0.6) is 0 Å². The van der Waals surface area contributed by atoms with Crippen molar-refractivity contribution >= 4 is 0 Å². The minimum absolute atomic E-state index is 0.605. The molecule has 0 radical (unpaired) electrons. The van der Waals surface area contributed by atoms with Crippen LogP contribution in [0.2, 0.25) is 0 Å². The van der Waals surface area contributed by atoms with E-state index in [2.05, 4.69) is 22.1 Å². The highest BCUT2D eigenvalue weighted by Gasteiger charge is 2.25. The van der Waals surface area contributed by atoms with E-state index in [4.69, 9.17) is 0 Å². The number of aryl methyl sites for hydroxylation is 1. The number of aromatic nitrogens is 2. The maximum absolute atomic E-state index is 10.6. The molecule has 1 saturated carbocycles. The van der Waals surface area contributed by atoms with Crippen molar-refractivity contribution in [2.75, 3.05) is 0 Å². The summed E-state index contributed by atoms with van der Waals surface area (Å²) in [7, 11) is 0. The standard InChI is InChI=1S/C16H18N2O/c1-11-17-10-9-15(18-11)16(19)14-8-3-2-7-13(14)12-5-4-6-12/h2-3,7-10,12,16,19H,4-6H2,1H3. The van der Waals surface area contributed by atoms with Crippen LogP contribution in [0.4, 0.5) is 0 Å². The second kappa shape index (κ2) is 5.10. The van der Waals surface area contributed by atoms with Gasteiger partial charge in [-0.1, -0.05) is 30.7 Å². The summed E-state index contributed by atoms with van der Waals surface area (Å²) in [6, 6.07) is 9.96. The Labute approximate surface area is 113 Å². The van der Waals surface area contributed by atoms with Gasteiger partial charge in [0, 0.05) is 6.20 Å². The molecule has 98 valence electrons. The van der Waals surface area contributed by atoms with Crippen LogP contribution in [0, 0.1) is 6.92 Å². The van der Waals surface area contributed by atoms with Crippen molar-refractivity contribution in [1.82, 2.24) is 9.97 Å². The molecule has 2 aromatic rings. The normalized spacial score (nSPS) is 16.9. The van der Waals surface area contributed by atoms with E-state index in [0.717, 1.165) is 5.56 Å². The molecule has 1 N–H and O–H groups in total. The summed E-state index contributed by atoms with van der Waals surface area (Å²) >= 11 is 0. The molecule has 1 fully saturated rings. The fourth-order valence-electron chi connectivity index (χ4n) is 2.64. The molecule has 0 spiro atoms. The summed E-state index contributed by atoms with van der Waals surface area (Å²) in [6.45, 7) is 1.84. The lowest BCUT2D eigenvalue weighted by molar-refractivity contribution is 0.211. The maximum atomic E-state index is 10.6. The van der Waals surface area contributed by atoms with Gasteiger partial charge < -0.3 is 5.11 Å². The van der Waals surface area contributed by atoms with Gasteiger partial charge in [0.2, 0.25) is 0 Å². The number of aliphatic hydroxyl groups is 1. The highest BCUT2D eigenvalue weighted by Crippen LogP contribution is 2.40. The molecule has 0 amide bonds. The van der Waals surface area contributed by atoms with E-state index in [-0.39, 0.29) is 0 Å². The molecule has 1 unspecified atom stereocenters. The van der Waals surface area contributed by atoms with Gasteiger partial charge in [0.15, 0.2) is 0 Å². The Morgan fingerprint density at radius 1 is 1.21 bits per heavy atom. The second-order valence-corrected chi connectivity index (χ2v) is 5.19. The van der Waals surface area contributed by atoms with Crippen molar-refractivity contribution in [3.63, 3.8) is 0 Å². The van der Waals surface area contributed by atoms with Gasteiger partial charge in [0.25, 0.3) is 0 Å². The number of aliphatic hydroxyl groups excluding tert-OH is 1. The Balaban J connectivity index is 1.97. The van der Waals surface area contributed by atoms with Crippen LogP contribution in [-0.2, 0) is 0 Å². The Hall–Kier alpha value is -1.74. The van der Waals surface area contributed by atoms with Gasteiger partial charge in [-0.25, -0.2) is 9.97 Å². The van der Waals surface area contributed by atoms with Crippen LogP contribution in [0.3, 0.4) is 0 Å². The molecule has 1 aromatic heterocycles. The van der Waals surface area contributed by atoms with Gasteiger partial charge in [-0.3, -0.25) is 0 Å². The second-order valence-electron chi connectivity index (χ2n) is 5.19. The summed E-state index contributed by atoms with van der Waals surface area (Å²) in [4.78, 5) is 8.41. The largest absolute Gasteiger partial charge is 0.382 e. The minimum atomic E-state index is -0.654. The Morgan fingerprint density at radius 2 is 2.00 bits per heavy atom. The molecular weight excluding hydrogens is 236 g/mol. The quantitative estimate of drug-likeness (QED) is 0.915. The fraction of sp³-hybridized carbons (Fsp3) is 0.375. The van der Waals surface area contributed by atoms with E-state index in [1.165, 1.54) is 24.8 Å². The minimum Gasteiger partial charge on any atom is -0.382 e. The molecule has 1 aliphatic carbocycles. The van der Waals surface area contributed by atoms with Gasteiger partial charge in [0.1, 0.15) is 11.9 Å². The van der Waals surface area contributed by atoms with E-state index in [0.29, 0.717) is 17.4 Å². The average Bonchev–Trinajstić information content (AvgIpc) is 2.37. The molecule has 3 heteroatoms. The zero-order valence-electron chi connectivity index (χ0n) is 11.1. The number of hydrogen-bond acceptors (Lipinski definition) is 3. The SMILES string of the molecule is Cc1nccc(C(O)c2ccccc2C2CCC2)n1. The first kappa shape index (κ1) is 12.3. The highest BCUT2D eigenvalue weighted by atomic mass is 16.3. The lowest BCUT2D eigenvalue weighted by Gasteiger charge is -2.29. The molecule has 1 atom stereocenters. The third kappa shape index (κ3) is 2.38. The molecule has 0 aliphatic heterocycles. The van der Waals surface area contributed by atoms with E-state index in [9.17, 15) is 5.11 Å². The Bertz CT molecular complexity index is 578. The summed E-state index contributed by atoms with van der Waals surface area (Å²) < 4.78 is 0. The number of nitrogens with zero attached hydrogens (tertiary/aromatic N) is 2. The molecule has 1 heterocycles. The van der Waals surface area contributed by atoms with Crippen LogP contribution in [0.15, 0.2) is 36.5 Å². The molecule has 1 aliphatic rings. The number of rotatable bonds is 3. The summed E-state index contributed by atoms with van der Waals surface area (Å²) in [5, 5.41) is 10.6. The number of benzene rings is 1. The predicted molar refractivity (Wildman–Crippen MR) is 73.9 cm³/mol. The smallest absolute Gasteiger partial charge is 0.125 e. The van der Waals surface area contributed by atoms with Crippen molar-refractivity contribution in [2.24, 2.45) is 0 Å². The molecule has 1 aromatic carbocycles. The van der Waals surface area contributed by atoms with Crippen LogP contribution < -0.4 is 0 Å². The number of hydrogen-bond donors (Lipinski definition) is 1. The molecule has 0 saturated heterocycles. The Kier molecular flexibility index (Phi) is 3.30. The molecule has 3 nitrogen and oxygen atoms in total. The summed E-state index contributed by atoms with van der Waals surface area (Å²) in [5.74, 6) is 1.30. The van der Waals surface area contributed by atoms with Crippen molar-refractivity contribution < 1.29 is 5.11 Å². The molecule has 19 heavy (non-hydrogen) atoms. The van der Waals surface area contributed by atoms with Crippen molar-refractivity contribution in [3.8, 4) is 0 Å². The summed E-state index contributed by atoms with van der Waals surface area (Å²) in [6.07, 6.45) is 4.80. The fourth-order valence-corrected chi connectivity index (χ4v) is 2.64. The van der Waals surface area contributed by atoms with Gasteiger partial charge in [-0.05, 0) is 42.9 Å². The van der Waals surface area contributed by atoms with Gasteiger partial charge >= 0.3 is 0 Å². The lowest BCUT2D eigenvalue weighted by Crippen LogP contribution is -2.14. The van der Waals surface area contributed by atoms with Gasteiger partial charge in [-0.2, -0.15) is 0 Å². The highest BCUT2D eigenvalue weighted by molar-refractivity contribution is 5.36. The first-order valence-corrected chi connectivity index (χ1v) is 6.82. The monoisotopic (exact) mass is 254 g/mol. The van der Waals surface area contributed by atoms with E-state index in [1.54, 1.807) is 12.3 Å². The predicted octanol–water partition coefficient (Wildman–Crippen LogP) is 3.13. The van der Waals surface area contributed by atoms with Crippen LogP contribution in [0.25, 0.3) is 0 Å². The zero-order chi connectivity index (χ0) is 13.2. The lowest BCUT2D eigenvalue weighted by atomic mass is 9.77. The summed E-state index contributed by atoms with van der Waals surface area (Å²) in [5.41, 5.74) is 2.95. The molecule has 0 bridgehead atoms. The van der Waals surface area contributed by atoms with E-state index < -0.39 is 6.10 Å². The van der Waals surface area contributed by atoms with Crippen LogP contribution in [-0.4, -0.2) is 15.1 Å². The average molecular weight is 254 g/mol. The van der Waals surface area contributed by atoms with Crippen molar-refractivity contribution in [2.45, 2.75) is 38.2 Å². The maximum Gasteiger partial charge on any atom is 0.125 e. The van der Waals surface area contributed by atoms with Crippen LogP contribution >= 0.6 is 0 Å². The zero-order valence-corrected chi connectivity index (χ0v) is 11.1. The van der Waals surface area contributed by atoms with Crippen LogP contribution in [0.1, 0.15) is 53.9 Å². The molecule has 3 rings (SSSR count).